The van der Waals surface area contributed by atoms with Gasteiger partial charge in [0, 0.05) is 22.6 Å². The van der Waals surface area contributed by atoms with Gasteiger partial charge in [-0.2, -0.15) is 13.2 Å². The van der Waals surface area contributed by atoms with Crippen LogP contribution in [0.4, 0.5) is 18.9 Å². The zero-order valence-corrected chi connectivity index (χ0v) is 16.1. The van der Waals surface area contributed by atoms with E-state index in [2.05, 4.69) is 5.32 Å². The summed E-state index contributed by atoms with van der Waals surface area (Å²) in [5.74, 6) is -0.529. The van der Waals surface area contributed by atoms with Gasteiger partial charge in [0.2, 0.25) is 0 Å². The summed E-state index contributed by atoms with van der Waals surface area (Å²) in [7, 11) is 0. The fraction of sp³-hybridized carbons (Fsp3) is 0.182. The van der Waals surface area contributed by atoms with Crippen molar-refractivity contribution in [3.63, 3.8) is 0 Å². The smallest absolute Gasteiger partial charge is 0.322 e. The standard InChI is InChI=1S/C22H19F3N2O2/c1-13-12-18(21(29)26-17-10-8-16(9-11-17)15(3)28)14(2)27(13)20-7-5-4-6-19(20)22(23,24)25/h4-12H,1-3H3,(H,26,29). The van der Waals surface area contributed by atoms with Gasteiger partial charge in [-0.05, 0) is 63.2 Å². The first-order valence-corrected chi connectivity index (χ1v) is 8.87. The Morgan fingerprint density at radius 2 is 1.59 bits per heavy atom. The molecule has 0 fully saturated rings. The van der Waals surface area contributed by atoms with Crippen molar-refractivity contribution in [2.45, 2.75) is 26.9 Å². The summed E-state index contributed by atoms with van der Waals surface area (Å²) >= 11 is 0. The number of carbonyl (C=O) groups excluding carboxylic acids is 2. The van der Waals surface area contributed by atoms with Crippen molar-refractivity contribution in [2.24, 2.45) is 0 Å². The molecule has 0 spiro atoms. The van der Waals surface area contributed by atoms with Crippen LogP contribution in [-0.2, 0) is 6.18 Å². The molecule has 150 valence electrons. The molecule has 29 heavy (non-hydrogen) atoms. The predicted molar refractivity (Wildman–Crippen MR) is 105 cm³/mol. The SMILES string of the molecule is CC(=O)c1ccc(NC(=O)c2cc(C)n(-c3ccccc3C(F)(F)F)c2C)cc1. The van der Waals surface area contributed by atoms with Crippen molar-refractivity contribution in [3.05, 3.63) is 82.7 Å². The largest absolute Gasteiger partial charge is 0.418 e. The van der Waals surface area contributed by atoms with Crippen LogP contribution in [0, 0.1) is 13.8 Å². The Labute approximate surface area is 166 Å². The van der Waals surface area contributed by atoms with Crippen LogP contribution in [-0.4, -0.2) is 16.3 Å². The number of ketones is 1. The molecule has 0 atom stereocenters. The van der Waals surface area contributed by atoms with E-state index in [1.807, 2.05) is 0 Å². The minimum atomic E-state index is -4.51. The molecule has 0 unspecified atom stereocenters. The zero-order chi connectivity index (χ0) is 21.3. The first-order chi connectivity index (χ1) is 13.6. The molecule has 0 aliphatic carbocycles. The molecule has 0 aliphatic rings. The zero-order valence-electron chi connectivity index (χ0n) is 16.1. The predicted octanol–water partition coefficient (Wildman–Crippen LogP) is 5.57. The number of nitrogens with one attached hydrogen (secondary N) is 1. The molecule has 0 radical (unpaired) electrons. The van der Waals surface area contributed by atoms with Crippen molar-refractivity contribution in [1.82, 2.24) is 4.57 Å². The van der Waals surface area contributed by atoms with Gasteiger partial charge >= 0.3 is 6.18 Å². The van der Waals surface area contributed by atoms with Crippen molar-refractivity contribution in [3.8, 4) is 5.69 Å². The van der Waals surface area contributed by atoms with Crippen LogP contribution in [0.3, 0.4) is 0 Å². The molecule has 0 saturated heterocycles. The van der Waals surface area contributed by atoms with E-state index in [4.69, 9.17) is 0 Å². The molecule has 3 aromatic rings. The lowest BCUT2D eigenvalue weighted by atomic mass is 10.1. The summed E-state index contributed by atoms with van der Waals surface area (Å²) in [5, 5.41) is 2.72. The van der Waals surface area contributed by atoms with E-state index in [-0.39, 0.29) is 17.0 Å². The van der Waals surface area contributed by atoms with Crippen molar-refractivity contribution >= 4 is 17.4 Å². The van der Waals surface area contributed by atoms with E-state index in [9.17, 15) is 22.8 Å². The number of para-hydroxylation sites is 1. The van der Waals surface area contributed by atoms with E-state index in [1.54, 1.807) is 44.2 Å². The second-order valence-electron chi connectivity index (χ2n) is 6.72. The number of aromatic nitrogens is 1. The number of anilines is 1. The van der Waals surface area contributed by atoms with Gasteiger partial charge in [0.15, 0.2) is 5.78 Å². The summed E-state index contributed by atoms with van der Waals surface area (Å²) in [5.41, 5.74) is 1.39. The van der Waals surface area contributed by atoms with E-state index >= 15 is 0 Å². The van der Waals surface area contributed by atoms with E-state index in [0.717, 1.165) is 6.07 Å². The van der Waals surface area contributed by atoms with Gasteiger partial charge in [-0.25, -0.2) is 0 Å². The molecule has 4 nitrogen and oxygen atoms in total. The number of Topliss-reactive ketones (excluding diaryl/α,β-unsaturated/α-hetero) is 1. The quantitative estimate of drug-likeness (QED) is 0.582. The number of nitrogens with zero attached hydrogens (tertiary/aromatic N) is 1. The number of hydrogen-bond acceptors (Lipinski definition) is 2. The Hall–Kier alpha value is -3.35. The average molecular weight is 400 g/mol. The van der Waals surface area contributed by atoms with Gasteiger partial charge < -0.3 is 9.88 Å². The summed E-state index contributed by atoms with van der Waals surface area (Å²) in [6.45, 7) is 4.70. The first kappa shape index (κ1) is 20.4. The van der Waals surface area contributed by atoms with Crippen molar-refractivity contribution in [1.29, 1.82) is 0 Å². The lowest BCUT2D eigenvalue weighted by Gasteiger charge is -2.16. The molecule has 0 bridgehead atoms. The first-order valence-electron chi connectivity index (χ1n) is 8.87. The molecule has 1 aromatic heterocycles. The van der Waals surface area contributed by atoms with Gasteiger partial charge in [0.25, 0.3) is 5.91 Å². The number of hydrogen-bond donors (Lipinski definition) is 1. The highest BCUT2D eigenvalue weighted by Crippen LogP contribution is 2.35. The highest BCUT2D eigenvalue weighted by molar-refractivity contribution is 6.05. The lowest BCUT2D eigenvalue weighted by molar-refractivity contribution is -0.137. The minimum absolute atomic E-state index is 0.0279. The molecule has 1 N–H and O–H groups in total. The summed E-state index contributed by atoms with van der Waals surface area (Å²) < 4.78 is 41.7. The fourth-order valence-corrected chi connectivity index (χ4v) is 3.26. The topological polar surface area (TPSA) is 51.1 Å². The highest BCUT2D eigenvalue weighted by Gasteiger charge is 2.34. The number of alkyl halides is 3. The molecular weight excluding hydrogens is 381 g/mol. The van der Waals surface area contributed by atoms with Gasteiger partial charge in [-0.3, -0.25) is 9.59 Å². The number of benzene rings is 2. The van der Waals surface area contributed by atoms with Gasteiger partial charge in [0.1, 0.15) is 0 Å². The van der Waals surface area contributed by atoms with Crippen molar-refractivity contribution in [2.75, 3.05) is 5.32 Å². The summed E-state index contributed by atoms with van der Waals surface area (Å²) in [4.78, 5) is 24.1. The van der Waals surface area contributed by atoms with Gasteiger partial charge in [0.05, 0.1) is 16.8 Å². The highest BCUT2D eigenvalue weighted by atomic mass is 19.4. The second kappa shape index (κ2) is 7.58. The molecule has 1 amide bonds. The van der Waals surface area contributed by atoms with Gasteiger partial charge in [-0.1, -0.05) is 12.1 Å². The monoisotopic (exact) mass is 400 g/mol. The Bertz CT molecular complexity index is 1080. The van der Waals surface area contributed by atoms with Crippen LogP contribution in [0.1, 0.15) is 44.6 Å². The van der Waals surface area contributed by atoms with Crippen LogP contribution in [0.15, 0.2) is 54.6 Å². The Morgan fingerprint density at radius 3 is 2.17 bits per heavy atom. The van der Waals surface area contributed by atoms with Crippen molar-refractivity contribution < 1.29 is 22.8 Å². The maximum Gasteiger partial charge on any atom is 0.418 e. The summed E-state index contributed by atoms with van der Waals surface area (Å²) in [6.07, 6.45) is -4.51. The maximum atomic E-state index is 13.4. The maximum absolute atomic E-state index is 13.4. The van der Waals surface area contributed by atoms with Crippen LogP contribution in [0.2, 0.25) is 0 Å². The van der Waals surface area contributed by atoms with E-state index < -0.39 is 17.6 Å². The lowest BCUT2D eigenvalue weighted by Crippen LogP contribution is -2.15. The third kappa shape index (κ3) is 4.08. The molecule has 7 heteroatoms. The third-order valence-corrected chi connectivity index (χ3v) is 4.68. The van der Waals surface area contributed by atoms with Crippen LogP contribution >= 0.6 is 0 Å². The van der Waals surface area contributed by atoms with E-state index in [0.29, 0.717) is 22.6 Å². The average Bonchev–Trinajstić information content (AvgIpc) is 2.95. The van der Waals surface area contributed by atoms with Gasteiger partial charge in [-0.15, -0.1) is 0 Å². The molecule has 0 aliphatic heterocycles. The fourth-order valence-electron chi connectivity index (χ4n) is 3.26. The summed E-state index contributed by atoms with van der Waals surface area (Å²) in [6, 6.07) is 13.2. The molecule has 3 rings (SSSR count). The molecule has 2 aromatic carbocycles. The Morgan fingerprint density at radius 1 is 0.966 bits per heavy atom. The van der Waals surface area contributed by atoms with Crippen LogP contribution in [0.25, 0.3) is 5.69 Å². The Kier molecular flexibility index (Phi) is 5.33. The normalized spacial score (nSPS) is 11.4. The molecule has 0 saturated carbocycles. The minimum Gasteiger partial charge on any atom is -0.322 e. The molecular formula is C22H19F3N2O2. The number of carbonyl (C=O) groups is 2. The molecule has 1 heterocycles. The van der Waals surface area contributed by atoms with E-state index in [1.165, 1.54) is 29.7 Å². The van der Waals surface area contributed by atoms with Crippen LogP contribution < -0.4 is 5.32 Å². The van der Waals surface area contributed by atoms with Crippen LogP contribution in [0.5, 0.6) is 0 Å². The number of amides is 1. The number of aryl methyl sites for hydroxylation is 1. The Balaban J connectivity index is 1.96. The number of halogens is 3. The third-order valence-electron chi connectivity index (χ3n) is 4.68. The number of rotatable bonds is 4. The second-order valence-corrected chi connectivity index (χ2v) is 6.72.